The van der Waals surface area contributed by atoms with Gasteiger partial charge in [-0.1, -0.05) is 242 Å². The highest BCUT2D eigenvalue weighted by atomic mass is 31.2. The van der Waals surface area contributed by atoms with E-state index in [4.69, 9.17) is 93.8 Å². The molecule has 32 heteroatoms. The summed E-state index contributed by atoms with van der Waals surface area (Å²) in [7, 11) is -8.14. The zero-order valence-corrected chi connectivity index (χ0v) is 73.7. The molecule has 5 aliphatic rings. The number of carbonyl (C=O) groups is 5. The molecule has 4 saturated heterocycles. The topological polar surface area (TPSA) is 348 Å². The lowest BCUT2D eigenvalue weighted by atomic mass is 9.92. The number of nitrogens with zero attached hydrogens (tertiary/aromatic N) is 3. The summed E-state index contributed by atoms with van der Waals surface area (Å²) >= 11 is 0. The van der Waals surface area contributed by atoms with E-state index in [1.807, 2.05) is 123 Å². The fourth-order valence-corrected chi connectivity index (χ4v) is 18.7. The van der Waals surface area contributed by atoms with E-state index in [0.717, 1.165) is 16.7 Å². The number of carbonyl (C=O) groups excluding carboxylic acids is 5. The van der Waals surface area contributed by atoms with Crippen LogP contribution in [0.4, 0.5) is 4.79 Å². The van der Waals surface area contributed by atoms with Gasteiger partial charge in [-0.05, 0) is 95.2 Å². The molecule has 6 aromatic rings. The van der Waals surface area contributed by atoms with Gasteiger partial charge in [0.1, 0.15) is 80.2 Å². The summed E-state index contributed by atoms with van der Waals surface area (Å²) in [5.41, 5.74) is 15.4. The Hall–Kier alpha value is -8.63. The summed E-state index contributed by atoms with van der Waals surface area (Å²) in [6.07, 6.45) is -20.9. The maximum Gasteiger partial charge on any atom is 0.508 e. The minimum atomic E-state index is -5.04. The lowest BCUT2D eigenvalue weighted by Crippen LogP contribution is -2.68. The van der Waals surface area contributed by atoms with E-state index in [1.165, 1.54) is 6.08 Å². The molecule has 666 valence electrons. The van der Waals surface area contributed by atoms with Crippen LogP contribution in [-0.2, 0) is 164 Å². The number of hydrogen-bond donors (Lipinski definition) is 1. The third-order valence-electron chi connectivity index (χ3n) is 22.9. The molecule has 0 bridgehead atoms. The van der Waals surface area contributed by atoms with E-state index in [9.17, 15) is 15.1 Å². The van der Waals surface area contributed by atoms with E-state index in [-0.39, 0.29) is 84.6 Å². The zero-order chi connectivity index (χ0) is 87.7. The van der Waals surface area contributed by atoms with Crippen LogP contribution in [-0.4, -0.2) is 174 Å². The van der Waals surface area contributed by atoms with Crippen molar-refractivity contribution in [1.29, 1.82) is 0 Å². The van der Waals surface area contributed by atoms with E-state index < -0.39 is 193 Å². The van der Waals surface area contributed by atoms with E-state index >= 15 is 18.9 Å². The number of fused-ring (bicyclic) bond motifs is 2. The van der Waals surface area contributed by atoms with Gasteiger partial charge in [0.2, 0.25) is 5.91 Å². The Morgan fingerprint density at radius 1 is 0.642 bits per heavy atom. The number of phosphoric ester groups is 1. The summed E-state index contributed by atoms with van der Waals surface area (Å²) in [5.74, 6) is -7.30. The number of rotatable bonds is 43. The number of esters is 3. The molecule has 17 atom stereocenters. The summed E-state index contributed by atoms with van der Waals surface area (Å²) < 4.78 is 150. The van der Waals surface area contributed by atoms with Crippen LogP contribution in [0.1, 0.15) is 140 Å². The molecule has 5 unspecified atom stereocenters. The standard InChI is InChI=1S/C91H117N4O26PSi/c1-13-46-103-88(100)116-84-78(94-95-92)86(121-123(11,12)89(7,8)60(5)6)114-72(79(84)106-53-64-40-28-20-29-41-64)58-107-85-77(93-74(96)47-69(15-3)112-75(97)16-4)83(115-76(98)48-68(14-2)104-51-62-36-24-18-25-37-62)82(120-122(101)110-55-66-44-32-33-45-67(66)56-111-122)73(113-85)59-109-91(87(99)108-54-65-42-30-21-31-43-65)49-70-80(118-90(9,10)117-70)81(119-91)71(105-52-63-38-26-19-27-39-63)57-102-50-61-34-22-17-23-35-61/h13,17-45,60,68-73,77-86H,1,14-16,46-59H2,2-12H3,(H,93,96)/t68-,69-,70-,71-,72?,73?,77?,78?,79-,80-,81?,82-,83-,84-,85-,86+,91-/m1/s1. The fourth-order valence-electron chi connectivity index (χ4n) is 14.9. The highest BCUT2D eigenvalue weighted by Crippen LogP contribution is 2.56. The molecule has 0 aliphatic carbocycles. The van der Waals surface area contributed by atoms with Gasteiger partial charge < -0.3 is 85.5 Å². The Balaban J connectivity index is 1.08. The van der Waals surface area contributed by atoms with Crippen molar-refractivity contribution >= 4 is 46.1 Å². The van der Waals surface area contributed by atoms with Gasteiger partial charge in [-0.15, -0.1) is 0 Å². The van der Waals surface area contributed by atoms with Crippen molar-refractivity contribution in [2.75, 3.05) is 26.4 Å². The first kappa shape index (κ1) is 95.0. The molecule has 30 nitrogen and oxygen atoms in total. The molecular formula is C91H117N4O26PSi. The van der Waals surface area contributed by atoms with E-state index in [0.29, 0.717) is 22.3 Å². The monoisotopic (exact) mass is 1740 g/mol. The van der Waals surface area contributed by atoms with Gasteiger partial charge in [0.15, 0.2) is 32.8 Å². The number of azide groups is 1. The molecule has 5 aliphatic heterocycles. The maximum absolute atomic E-state index is 16.2. The molecule has 0 aromatic heterocycles. The van der Waals surface area contributed by atoms with Crippen LogP contribution in [0.3, 0.4) is 0 Å². The first-order chi connectivity index (χ1) is 59.1. The van der Waals surface area contributed by atoms with Crippen LogP contribution >= 0.6 is 7.82 Å². The normalized spacial score (nSPS) is 25.5. The number of benzene rings is 6. The molecule has 4 fully saturated rings. The lowest BCUT2D eigenvalue weighted by molar-refractivity contribution is -0.337. The van der Waals surface area contributed by atoms with Crippen LogP contribution in [0, 0.1) is 5.92 Å². The Bertz CT molecular complexity index is 4430. The quantitative estimate of drug-likeness (QED) is 0.00543. The van der Waals surface area contributed by atoms with Crippen molar-refractivity contribution < 1.29 is 122 Å². The van der Waals surface area contributed by atoms with Crippen LogP contribution in [0.15, 0.2) is 194 Å². The minimum Gasteiger partial charge on any atom is -0.462 e. The van der Waals surface area contributed by atoms with Gasteiger partial charge in [0.05, 0.1) is 84.5 Å². The van der Waals surface area contributed by atoms with Crippen LogP contribution in [0.5, 0.6) is 0 Å². The van der Waals surface area contributed by atoms with Crippen LogP contribution < -0.4 is 5.32 Å². The summed E-state index contributed by atoms with van der Waals surface area (Å²) in [5, 5.41) is 6.71. The molecule has 11 rings (SSSR count). The van der Waals surface area contributed by atoms with Crippen molar-refractivity contribution in [2.45, 2.75) is 275 Å². The van der Waals surface area contributed by atoms with Gasteiger partial charge in [-0.2, -0.15) is 0 Å². The highest BCUT2D eigenvalue weighted by Gasteiger charge is 2.63. The third kappa shape index (κ3) is 26.3. The smallest absolute Gasteiger partial charge is 0.462 e. The first-order valence-electron chi connectivity index (χ1n) is 42.0. The summed E-state index contributed by atoms with van der Waals surface area (Å²) in [6, 6.07) is 49.9. The van der Waals surface area contributed by atoms with Crippen molar-refractivity contribution in [3.63, 3.8) is 0 Å². The number of nitrogens with one attached hydrogen (secondary N) is 1. The second-order valence-electron chi connectivity index (χ2n) is 32.7. The largest absolute Gasteiger partial charge is 0.508 e. The van der Waals surface area contributed by atoms with Gasteiger partial charge in [-0.3, -0.25) is 28.0 Å². The summed E-state index contributed by atoms with van der Waals surface area (Å²) in [6.45, 7) is 21.6. The maximum atomic E-state index is 16.2. The molecule has 0 saturated carbocycles. The van der Waals surface area contributed by atoms with Gasteiger partial charge in [0.25, 0.3) is 5.79 Å². The van der Waals surface area contributed by atoms with Crippen molar-refractivity contribution in [1.82, 2.24) is 5.32 Å². The molecule has 6 aromatic carbocycles. The van der Waals surface area contributed by atoms with Crippen molar-refractivity contribution in [2.24, 2.45) is 11.0 Å². The van der Waals surface area contributed by atoms with E-state index in [1.54, 1.807) is 100 Å². The van der Waals surface area contributed by atoms with Crippen LogP contribution in [0.25, 0.3) is 10.4 Å². The minimum absolute atomic E-state index is 0.0243. The Kier molecular flexibility index (Phi) is 34.8. The number of ether oxygens (including phenoxy) is 16. The van der Waals surface area contributed by atoms with Crippen molar-refractivity contribution in [3.8, 4) is 0 Å². The lowest BCUT2D eigenvalue weighted by Gasteiger charge is -2.50. The Morgan fingerprint density at radius 2 is 1.20 bits per heavy atom. The predicted octanol–water partition coefficient (Wildman–Crippen LogP) is 15.8. The molecule has 1 amide bonds. The average Bonchev–Trinajstić information content (AvgIpc) is 1.66. The average molecular weight is 1740 g/mol. The van der Waals surface area contributed by atoms with Gasteiger partial charge >= 0.3 is 31.9 Å². The highest BCUT2D eigenvalue weighted by molar-refractivity contribution is 7.48. The van der Waals surface area contributed by atoms with Crippen molar-refractivity contribution in [3.05, 3.63) is 238 Å². The third-order valence-corrected chi connectivity index (χ3v) is 28.8. The Morgan fingerprint density at radius 3 is 1.76 bits per heavy atom. The predicted molar refractivity (Wildman–Crippen MR) is 450 cm³/mol. The first-order valence-corrected chi connectivity index (χ1v) is 46.4. The second kappa shape index (κ2) is 45.0. The van der Waals surface area contributed by atoms with Gasteiger partial charge in [-0.25, -0.2) is 14.2 Å². The number of phosphoric acid groups is 1. The van der Waals surface area contributed by atoms with Crippen LogP contribution in [0.2, 0.25) is 18.1 Å². The molecule has 0 spiro atoms. The molecular weight excluding hydrogens is 1620 g/mol. The number of hydrogen-bond acceptors (Lipinski definition) is 27. The zero-order valence-electron chi connectivity index (χ0n) is 71.8. The van der Waals surface area contributed by atoms with Gasteiger partial charge in [0, 0.05) is 17.8 Å². The molecule has 0 radical (unpaired) electrons. The second-order valence-corrected chi connectivity index (χ2v) is 38.9. The number of amides is 1. The summed E-state index contributed by atoms with van der Waals surface area (Å²) in [4.78, 5) is 77.8. The molecule has 1 N–H and O–H groups in total. The molecule has 123 heavy (non-hydrogen) atoms. The fraction of sp³-hybridized carbons (Fsp3) is 0.527. The Labute approximate surface area is 720 Å². The molecule has 5 heterocycles. The van der Waals surface area contributed by atoms with E-state index in [2.05, 4.69) is 49.6 Å². The SMILES string of the molecule is C=CCOC(=O)O[C@@H]1C(N=[N+]=[N-])[C@H](O[Si](C)(C)C(C)(C)C(C)C)OC(CO[C@@H]2OC(CO[C@]3(C(=O)OCc4ccccc4)C[C@H]4OC(C)(C)O[C@H]4C([C@@H](COCc4ccccc4)OCc4ccccc4)O3)[C@@H](OP3(=O)OCc4ccccc4CO3)[C@H](OC(=O)C[C@@H](CC)OCc3ccccc3)C2NC(=O)C[C@@H](CC)OC(=O)CC)[C@H]1OCc1ccccc1.